The molecule has 0 aliphatic carbocycles. The molecule has 4 nitrogen and oxygen atoms in total. The first-order valence-corrected chi connectivity index (χ1v) is 8.88. The van der Waals surface area contributed by atoms with Crippen LogP contribution in [0.15, 0.2) is 30.3 Å². The van der Waals surface area contributed by atoms with Crippen LogP contribution in [0.25, 0.3) is 0 Å². The topological polar surface area (TPSA) is 41.6 Å². The molecule has 1 aliphatic heterocycles. The van der Waals surface area contributed by atoms with Gasteiger partial charge in [-0.1, -0.05) is 32.0 Å². The summed E-state index contributed by atoms with van der Waals surface area (Å²) >= 11 is 0. The normalized spacial score (nSPS) is 17.0. The number of para-hydroxylation sites is 1. The van der Waals surface area contributed by atoms with Crippen LogP contribution >= 0.6 is 0 Å². The molecule has 1 aromatic rings. The number of carbonyl (C=O) groups is 1. The fourth-order valence-corrected chi connectivity index (χ4v) is 3.01. The van der Waals surface area contributed by atoms with Gasteiger partial charge >= 0.3 is 0 Å². The molecular weight excluding hydrogens is 288 g/mol. The SMILES string of the molecule is CCNCC1CCN(C(=O)C(C)CCOc2ccccc2)CC1. The quantitative estimate of drug-likeness (QED) is 0.801. The average Bonchev–Trinajstić information content (AvgIpc) is 2.60. The van der Waals surface area contributed by atoms with Gasteiger partial charge in [0.1, 0.15) is 5.75 Å². The molecule has 0 radical (unpaired) electrons. The molecule has 1 saturated heterocycles. The summed E-state index contributed by atoms with van der Waals surface area (Å²) in [5.74, 6) is 1.90. The van der Waals surface area contributed by atoms with E-state index in [1.165, 1.54) is 0 Å². The predicted octanol–water partition coefficient (Wildman–Crippen LogP) is 2.94. The van der Waals surface area contributed by atoms with E-state index >= 15 is 0 Å². The molecule has 0 bridgehead atoms. The van der Waals surface area contributed by atoms with Crippen molar-refractivity contribution in [3.63, 3.8) is 0 Å². The van der Waals surface area contributed by atoms with Crippen LogP contribution in [-0.4, -0.2) is 43.6 Å². The first kappa shape index (κ1) is 17.8. The average molecular weight is 318 g/mol. The number of benzene rings is 1. The van der Waals surface area contributed by atoms with Crippen molar-refractivity contribution in [2.24, 2.45) is 11.8 Å². The molecule has 1 aromatic carbocycles. The zero-order valence-electron chi connectivity index (χ0n) is 14.5. The molecule has 1 atom stereocenters. The number of hydrogen-bond donors (Lipinski definition) is 1. The zero-order valence-corrected chi connectivity index (χ0v) is 14.5. The van der Waals surface area contributed by atoms with E-state index in [9.17, 15) is 4.79 Å². The highest BCUT2D eigenvalue weighted by Crippen LogP contribution is 2.19. The summed E-state index contributed by atoms with van der Waals surface area (Å²) in [4.78, 5) is 14.6. The number of piperidine rings is 1. The summed E-state index contributed by atoms with van der Waals surface area (Å²) < 4.78 is 5.70. The molecule has 4 heteroatoms. The fraction of sp³-hybridized carbons (Fsp3) is 0.632. The van der Waals surface area contributed by atoms with E-state index in [1.807, 2.05) is 42.2 Å². The lowest BCUT2D eigenvalue weighted by molar-refractivity contribution is -0.136. The number of ether oxygens (including phenoxy) is 1. The van der Waals surface area contributed by atoms with E-state index in [-0.39, 0.29) is 11.8 Å². The van der Waals surface area contributed by atoms with Crippen LogP contribution in [0.3, 0.4) is 0 Å². The summed E-state index contributed by atoms with van der Waals surface area (Å²) in [6.07, 6.45) is 3.00. The lowest BCUT2D eigenvalue weighted by Crippen LogP contribution is -2.43. The van der Waals surface area contributed by atoms with E-state index in [0.717, 1.165) is 57.1 Å². The minimum atomic E-state index is 0.0315. The molecule has 2 rings (SSSR count). The third-order valence-electron chi connectivity index (χ3n) is 4.59. The largest absolute Gasteiger partial charge is 0.494 e. The minimum absolute atomic E-state index is 0.0315. The summed E-state index contributed by atoms with van der Waals surface area (Å²) in [6, 6.07) is 9.78. The van der Waals surface area contributed by atoms with Crippen molar-refractivity contribution >= 4 is 5.91 Å². The van der Waals surface area contributed by atoms with Crippen LogP contribution in [-0.2, 0) is 4.79 Å². The lowest BCUT2D eigenvalue weighted by Gasteiger charge is -2.33. The van der Waals surface area contributed by atoms with E-state index in [4.69, 9.17) is 4.74 Å². The number of nitrogens with zero attached hydrogens (tertiary/aromatic N) is 1. The number of rotatable bonds is 8. The third kappa shape index (κ3) is 5.87. The standard InChI is InChI=1S/C19H30N2O2/c1-3-20-15-17-9-12-21(13-10-17)19(22)16(2)11-14-23-18-7-5-4-6-8-18/h4-8,16-17,20H,3,9-15H2,1-2H3. The van der Waals surface area contributed by atoms with Crippen LogP contribution in [0.2, 0.25) is 0 Å². The van der Waals surface area contributed by atoms with Gasteiger partial charge in [0.2, 0.25) is 5.91 Å². The van der Waals surface area contributed by atoms with Crippen molar-refractivity contribution in [2.75, 3.05) is 32.8 Å². The second-order valence-electron chi connectivity index (χ2n) is 6.43. The van der Waals surface area contributed by atoms with Crippen molar-refractivity contribution < 1.29 is 9.53 Å². The van der Waals surface area contributed by atoms with Crippen LogP contribution in [0.5, 0.6) is 5.75 Å². The second kappa shape index (κ2) is 9.56. The van der Waals surface area contributed by atoms with Gasteiger partial charge in [-0.25, -0.2) is 0 Å². The zero-order chi connectivity index (χ0) is 16.5. The lowest BCUT2D eigenvalue weighted by atomic mass is 9.95. The van der Waals surface area contributed by atoms with Crippen LogP contribution in [0, 0.1) is 11.8 Å². The summed E-state index contributed by atoms with van der Waals surface area (Å²) in [6.45, 7) is 8.65. The molecule has 1 N–H and O–H groups in total. The van der Waals surface area contributed by atoms with E-state index in [2.05, 4.69) is 12.2 Å². The van der Waals surface area contributed by atoms with Gasteiger partial charge in [0, 0.05) is 19.0 Å². The third-order valence-corrected chi connectivity index (χ3v) is 4.59. The highest BCUT2D eigenvalue weighted by molar-refractivity contribution is 5.78. The van der Waals surface area contributed by atoms with E-state index < -0.39 is 0 Å². The fourth-order valence-electron chi connectivity index (χ4n) is 3.01. The molecule has 1 heterocycles. The Morgan fingerprint density at radius 1 is 1.30 bits per heavy atom. The van der Waals surface area contributed by atoms with Crippen molar-refractivity contribution in [3.8, 4) is 5.75 Å². The Morgan fingerprint density at radius 2 is 2.00 bits per heavy atom. The van der Waals surface area contributed by atoms with Gasteiger partial charge in [0.15, 0.2) is 0 Å². The van der Waals surface area contributed by atoms with Gasteiger partial charge in [0.25, 0.3) is 0 Å². The summed E-state index contributed by atoms with van der Waals surface area (Å²) in [7, 11) is 0. The molecular formula is C19H30N2O2. The number of likely N-dealkylation sites (tertiary alicyclic amines) is 1. The van der Waals surface area contributed by atoms with Gasteiger partial charge in [0.05, 0.1) is 6.61 Å². The molecule has 1 unspecified atom stereocenters. The maximum absolute atomic E-state index is 12.5. The predicted molar refractivity (Wildman–Crippen MR) is 93.6 cm³/mol. The molecule has 1 aliphatic rings. The molecule has 0 spiro atoms. The molecule has 128 valence electrons. The van der Waals surface area contributed by atoms with Crippen LogP contribution in [0.1, 0.15) is 33.1 Å². The Hall–Kier alpha value is -1.55. The molecule has 1 fully saturated rings. The molecule has 0 saturated carbocycles. The highest BCUT2D eigenvalue weighted by Gasteiger charge is 2.25. The Morgan fingerprint density at radius 3 is 2.65 bits per heavy atom. The van der Waals surface area contributed by atoms with E-state index in [0.29, 0.717) is 6.61 Å². The van der Waals surface area contributed by atoms with Gasteiger partial charge in [-0.05, 0) is 50.4 Å². The van der Waals surface area contributed by atoms with Crippen molar-refractivity contribution in [2.45, 2.75) is 33.1 Å². The first-order valence-electron chi connectivity index (χ1n) is 8.88. The number of nitrogens with one attached hydrogen (secondary N) is 1. The molecule has 23 heavy (non-hydrogen) atoms. The number of hydrogen-bond acceptors (Lipinski definition) is 3. The Bertz CT molecular complexity index is 456. The first-order chi connectivity index (χ1) is 11.2. The Balaban J connectivity index is 1.67. The summed E-state index contributed by atoms with van der Waals surface area (Å²) in [5, 5.41) is 3.41. The Kier molecular flexibility index (Phi) is 7.40. The maximum atomic E-state index is 12.5. The Labute approximate surface area is 140 Å². The van der Waals surface area contributed by atoms with Crippen molar-refractivity contribution in [1.82, 2.24) is 10.2 Å². The van der Waals surface area contributed by atoms with Crippen LogP contribution in [0.4, 0.5) is 0 Å². The van der Waals surface area contributed by atoms with E-state index in [1.54, 1.807) is 0 Å². The summed E-state index contributed by atoms with van der Waals surface area (Å²) in [5.41, 5.74) is 0. The van der Waals surface area contributed by atoms with Gasteiger partial charge in [-0.3, -0.25) is 4.79 Å². The van der Waals surface area contributed by atoms with Crippen LogP contribution < -0.4 is 10.1 Å². The highest BCUT2D eigenvalue weighted by atomic mass is 16.5. The minimum Gasteiger partial charge on any atom is -0.494 e. The molecule has 0 aromatic heterocycles. The smallest absolute Gasteiger partial charge is 0.225 e. The second-order valence-corrected chi connectivity index (χ2v) is 6.43. The van der Waals surface area contributed by atoms with Gasteiger partial charge in [-0.2, -0.15) is 0 Å². The number of amides is 1. The van der Waals surface area contributed by atoms with Crippen molar-refractivity contribution in [1.29, 1.82) is 0 Å². The van der Waals surface area contributed by atoms with Gasteiger partial charge in [-0.15, -0.1) is 0 Å². The molecule has 1 amide bonds. The monoisotopic (exact) mass is 318 g/mol. The van der Waals surface area contributed by atoms with Gasteiger partial charge < -0.3 is 15.0 Å². The number of carbonyl (C=O) groups excluding carboxylic acids is 1. The van der Waals surface area contributed by atoms with Crippen molar-refractivity contribution in [3.05, 3.63) is 30.3 Å². The maximum Gasteiger partial charge on any atom is 0.225 e.